The number of furan rings is 1. The molecule has 94 valence electrons. The van der Waals surface area contributed by atoms with Gasteiger partial charge in [0.05, 0.1) is 12.3 Å². The molecule has 5 heteroatoms. The number of aromatic amines is 1. The van der Waals surface area contributed by atoms with E-state index < -0.39 is 5.91 Å². The van der Waals surface area contributed by atoms with Gasteiger partial charge >= 0.3 is 0 Å². The topological polar surface area (TPSA) is 75.1 Å². The Morgan fingerprint density at radius 3 is 2.78 bits per heavy atom. The average Bonchev–Trinajstić information content (AvgIpc) is 2.81. The van der Waals surface area contributed by atoms with Crippen LogP contribution in [0.5, 0.6) is 0 Å². The van der Waals surface area contributed by atoms with Crippen LogP contribution in [-0.4, -0.2) is 10.9 Å². The first kappa shape index (κ1) is 12.2. The summed E-state index contributed by atoms with van der Waals surface area (Å²) in [6.45, 7) is 3.55. The number of hydrogen-bond donors (Lipinski definition) is 2. The summed E-state index contributed by atoms with van der Waals surface area (Å²) in [4.78, 5) is 26.1. The quantitative estimate of drug-likeness (QED) is 0.866. The van der Waals surface area contributed by atoms with E-state index in [4.69, 9.17) is 4.42 Å². The van der Waals surface area contributed by atoms with E-state index in [1.54, 1.807) is 32.0 Å². The number of pyridine rings is 1. The number of hydrogen-bond acceptors (Lipinski definition) is 3. The molecule has 2 N–H and O–H groups in total. The van der Waals surface area contributed by atoms with Crippen molar-refractivity contribution < 1.29 is 9.21 Å². The zero-order valence-corrected chi connectivity index (χ0v) is 10.2. The largest absolute Gasteiger partial charge is 0.467 e. The fourth-order valence-corrected chi connectivity index (χ4v) is 1.63. The molecule has 1 atom stereocenters. The molecule has 18 heavy (non-hydrogen) atoms. The van der Waals surface area contributed by atoms with Crippen molar-refractivity contribution in [2.75, 3.05) is 0 Å². The standard InChI is InChI=1S/C13H14N2O3/c1-8-5-6-10(12(16)14-8)13(17)15-9(2)11-4-3-7-18-11/h3-7,9H,1-2H3,(H,14,16)(H,15,17). The van der Waals surface area contributed by atoms with Gasteiger partial charge in [-0.15, -0.1) is 0 Å². The zero-order valence-electron chi connectivity index (χ0n) is 10.2. The molecule has 0 bridgehead atoms. The Labute approximate surface area is 104 Å². The van der Waals surface area contributed by atoms with Gasteiger partial charge in [0, 0.05) is 5.69 Å². The fraction of sp³-hybridized carbons (Fsp3) is 0.231. The Hall–Kier alpha value is -2.30. The van der Waals surface area contributed by atoms with Gasteiger partial charge in [-0.05, 0) is 38.1 Å². The monoisotopic (exact) mass is 246 g/mol. The number of carbonyl (C=O) groups excluding carboxylic acids is 1. The third kappa shape index (κ3) is 2.51. The Morgan fingerprint density at radius 2 is 2.17 bits per heavy atom. The molecule has 0 aliphatic rings. The lowest BCUT2D eigenvalue weighted by atomic mass is 10.2. The van der Waals surface area contributed by atoms with Crippen LogP contribution < -0.4 is 10.9 Å². The summed E-state index contributed by atoms with van der Waals surface area (Å²) in [5.41, 5.74) is 0.425. The number of H-pyrrole nitrogens is 1. The summed E-state index contributed by atoms with van der Waals surface area (Å²) in [5, 5.41) is 2.71. The molecule has 1 amide bonds. The normalized spacial score (nSPS) is 12.1. The Balaban J connectivity index is 2.15. The van der Waals surface area contributed by atoms with E-state index >= 15 is 0 Å². The third-order valence-electron chi connectivity index (χ3n) is 2.62. The maximum absolute atomic E-state index is 11.9. The summed E-state index contributed by atoms with van der Waals surface area (Å²) >= 11 is 0. The second-order valence-corrected chi connectivity index (χ2v) is 4.09. The van der Waals surface area contributed by atoms with E-state index in [0.717, 1.165) is 5.69 Å². The summed E-state index contributed by atoms with van der Waals surface area (Å²) in [5.74, 6) is 0.229. The fourth-order valence-electron chi connectivity index (χ4n) is 1.63. The second kappa shape index (κ2) is 4.91. The van der Waals surface area contributed by atoms with Crippen LogP contribution in [0.2, 0.25) is 0 Å². The lowest BCUT2D eigenvalue weighted by molar-refractivity contribution is 0.0934. The number of amides is 1. The van der Waals surface area contributed by atoms with Crippen LogP contribution >= 0.6 is 0 Å². The van der Waals surface area contributed by atoms with Crippen molar-refractivity contribution in [2.24, 2.45) is 0 Å². The van der Waals surface area contributed by atoms with Crippen molar-refractivity contribution in [3.05, 3.63) is 57.9 Å². The predicted molar refractivity (Wildman–Crippen MR) is 66.4 cm³/mol. The van der Waals surface area contributed by atoms with Crippen LogP contribution in [0.4, 0.5) is 0 Å². The van der Waals surface area contributed by atoms with Gasteiger partial charge in [0.1, 0.15) is 11.3 Å². The number of aryl methyl sites for hydroxylation is 1. The number of aromatic nitrogens is 1. The minimum Gasteiger partial charge on any atom is -0.467 e. The van der Waals surface area contributed by atoms with Crippen molar-refractivity contribution in [3.8, 4) is 0 Å². The highest BCUT2D eigenvalue weighted by Gasteiger charge is 2.15. The van der Waals surface area contributed by atoms with Crippen molar-refractivity contribution in [1.82, 2.24) is 10.3 Å². The van der Waals surface area contributed by atoms with Crippen molar-refractivity contribution in [1.29, 1.82) is 0 Å². The first-order valence-electron chi connectivity index (χ1n) is 5.62. The minimum absolute atomic E-state index is 0.0963. The van der Waals surface area contributed by atoms with E-state index in [2.05, 4.69) is 10.3 Å². The molecule has 0 radical (unpaired) electrons. The molecular formula is C13H14N2O3. The number of nitrogens with one attached hydrogen (secondary N) is 2. The molecule has 5 nitrogen and oxygen atoms in total. The first-order chi connectivity index (χ1) is 8.58. The summed E-state index contributed by atoms with van der Waals surface area (Å²) in [6.07, 6.45) is 1.54. The predicted octanol–water partition coefficient (Wildman–Crippen LogP) is 1.77. The first-order valence-corrected chi connectivity index (χ1v) is 5.62. The molecule has 0 fully saturated rings. The average molecular weight is 246 g/mol. The van der Waals surface area contributed by atoms with Crippen LogP contribution in [-0.2, 0) is 0 Å². The lowest BCUT2D eigenvalue weighted by Crippen LogP contribution is -2.31. The minimum atomic E-state index is -0.417. The second-order valence-electron chi connectivity index (χ2n) is 4.09. The molecule has 0 saturated heterocycles. The van der Waals surface area contributed by atoms with Gasteiger partial charge in [-0.3, -0.25) is 9.59 Å². The van der Waals surface area contributed by atoms with Crippen LogP contribution in [0.3, 0.4) is 0 Å². The molecule has 2 aromatic rings. The van der Waals surface area contributed by atoms with Crippen LogP contribution in [0.25, 0.3) is 0 Å². The van der Waals surface area contributed by atoms with Gasteiger partial charge in [0.2, 0.25) is 0 Å². The van der Waals surface area contributed by atoms with Crippen molar-refractivity contribution in [3.63, 3.8) is 0 Å². The molecule has 0 spiro atoms. The van der Waals surface area contributed by atoms with Gasteiger partial charge in [-0.2, -0.15) is 0 Å². The van der Waals surface area contributed by atoms with E-state index in [1.165, 1.54) is 12.3 Å². The van der Waals surface area contributed by atoms with E-state index in [-0.39, 0.29) is 17.2 Å². The number of rotatable bonds is 3. The molecule has 0 aromatic carbocycles. The molecule has 2 aromatic heterocycles. The third-order valence-corrected chi connectivity index (χ3v) is 2.62. The summed E-state index contributed by atoms with van der Waals surface area (Å²) in [7, 11) is 0. The highest BCUT2D eigenvalue weighted by molar-refractivity contribution is 5.93. The highest BCUT2D eigenvalue weighted by Crippen LogP contribution is 2.12. The van der Waals surface area contributed by atoms with Crippen LogP contribution in [0.1, 0.15) is 34.8 Å². The van der Waals surface area contributed by atoms with Gasteiger partial charge in [-0.25, -0.2) is 0 Å². The Kier molecular flexibility index (Phi) is 3.32. The molecular weight excluding hydrogens is 232 g/mol. The Morgan fingerprint density at radius 1 is 1.39 bits per heavy atom. The van der Waals surface area contributed by atoms with Crippen molar-refractivity contribution >= 4 is 5.91 Å². The molecule has 1 unspecified atom stereocenters. The molecule has 0 saturated carbocycles. The number of carbonyl (C=O) groups is 1. The summed E-state index contributed by atoms with van der Waals surface area (Å²) in [6, 6.07) is 6.43. The van der Waals surface area contributed by atoms with Gasteiger partial charge in [-0.1, -0.05) is 0 Å². The van der Waals surface area contributed by atoms with Crippen LogP contribution in [0.15, 0.2) is 39.7 Å². The lowest BCUT2D eigenvalue weighted by Gasteiger charge is -2.10. The van der Waals surface area contributed by atoms with E-state index in [9.17, 15) is 9.59 Å². The highest BCUT2D eigenvalue weighted by atomic mass is 16.3. The van der Waals surface area contributed by atoms with E-state index in [1.807, 2.05) is 0 Å². The van der Waals surface area contributed by atoms with Crippen molar-refractivity contribution in [2.45, 2.75) is 19.9 Å². The van der Waals surface area contributed by atoms with Gasteiger partial charge in [0.25, 0.3) is 11.5 Å². The smallest absolute Gasteiger partial charge is 0.260 e. The van der Waals surface area contributed by atoms with Gasteiger partial charge < -0.3 is 14.7 Å². The SMILES string of the molecule is Cc1ccc(C(=O)NC(C)c2ccco2)c(=O)[nH]1. The zero-order chi connectivity index (χ0) is 13.1. The van der Waals surface area contributed by atoms with E-state index in [0.29, 0.717) is 5.76 Å². The molecule has 2 rings (SSSR count). The molecule has 0 aliphatic carbocycles. The maximum atomic E-state index is 11.9. The molecule has 0 aliphatic heterocycles. The van der Waals surface area contributed by atoms with Gasteiger partial charge in [0.15, 0.2) is 0 Å². The van der Waals surface area contributed by atoms with Crippen LogP contribution in [0, 0.1) is 6.92 Å². The molecule has 2 heterocycles. The Bertz CT molecular complexity index is 599. The maximum Gasteiger partial charge on any atom is 0.260 e. The summed E-state index contributed by atoms with van der Waals surface area (Å²) < 4.78 is 5.18.